The maximum atomic E-state index is 13.1. The van der Waals surface area contributed by atoms with Crippen LogP contribution in [0.5, 0.6) is 0 Å². The van der Waals surface area contributed by atoms with Gasteiger partial charge in [-0.05, 0) is 38.2 Å². The van der Waals surface area contributed by atoms with Crippen molar-refractivity contribution < 1.29 is 13.9 Å². The van der Waals surface area contributed by atoms with Crippen molar-refractivity contribution in [3.63, 3.8) is 0 Å². The van der Waals surface area contributed by atoms with E-state index in [-0.39, 0.29) is 11.9 Å². The number of nitrogens with zero attached hydrogens (tertiary/aromatic N) is 1. The summed E-state index contributed by atoms with van der Waals surface area (Å²) >= 11 is 0. The van der Waals surface area contributed by atoms with Crippen LogP contribution in [-0.2, 0) is 4.74 Å². The van der Waals surface area contributed by atoms with Crippen LogP contribution in [0.15, 0.2) is 24.3 Å². The largest absolute Gasteiger partial charge is 0.447 e. The van der Waals surface area contributed by atoms with Crippen molar-refractivity contribution in [3.8, 4) is 0 Å². The number of hydrogen-bond donors (Lipinski definition) is 1. The maximum absolute atomic E-state index is 13.1. The molecule has 0 aliphatic carbocycles. The fourth-order valence-electron chi connectivity index (χ4n) is 1.93. The van der Waals surface area contributed by atoms with E-state index >= 15 is 0 Å². The molecule has 17 heavy (non-hydrogen) atoms. The van der Waals surface area contributed by atoms with E-state index in [1.165, 1.54) is 17.0 Å². The van der Waals surface area contributed by atoms with Gasteiger partial charge < -0.3 is 10.1 Å². The zero-order chi connectivity index (χ0) is 12.3. The minimum Gasteiger partial charge on any atom is -0.447 e. The molecule has 0 radical (unpaired) electrons. The predicted octanol–water partition coefficient (Wildman–Crippen LogP) is 1.76. The van der Waals surface area contributed by atoms with Gasteiger partial charge in [0.25, 0.3) is 0 Å². The first-order valence-corrected chi connectivity index (χ1v) is 5.58. The molecule has 1 aliphatic rings. The summed E-state index contributed by atoms with van der Waals surface area (Å²) in [5, 5.41) is 3.03. The van der Waals surface area contributed by atoms with Gasteiger partial charge in [-0.1, -0.05) is 6.07 Å². The Bertz CT molecular complexity index is 411. The van der Waals surface area contributed by atoms with E-state index in [0.717, 1.165) is 13.0 Å². The molecule has 5 heteroatoms. The van der Waals surface area contributed by atoms with Crippen LogP contribution in [0.3, 0.4) is 0 Å². The van der Waals surface area contributed by atoms with E-state index in [4.69, 9.17) is 4.74 Å². The molecule has 0 aromatic heterocycles. The van der Waals surface area contributed by atoms with Crippen molar-refractivity contribution >= 4 is 11.8 Å². The highest BCUT2D eigenvalue weighted by Crippen LogP contribution is 2.25. The first-order valence-electron chi connectivity index (χ1n) is 5.58. The third kappa shape index (κ3) is 2.55. The standard InChI is InChI=1S/C12H15FN2O2/c1-14-6-5-11-8-17-12(16)15(11)10-4-2-3-9(13)7-10/h2-4,7,11,14H,5-6,8H2,1H3. The van der Waals surface area contributed by atoms with Crippen LogP contribution in [0, 0.1) is 5.82 Å². The topological polar surface area (TPSA) is 41.6 Å². The molecule has 0 bridgehead atoms. The first kappa shape index (κ1) is 11.9. The number of carbonyl (C=O) groups is 1. The Morgan fingerprint density at radius 1 is 1.59 bits per heavy atom. The van der Waals surface area contributed by atoms with Gasteiger partial charge in [0.05, 0.1) is 11.7 Å². The van der Waals surface area contributed by atoms with Crippen molar-refractivity contribution in [2.45, 2.75) is 12.5 Å². The molecule has 0 spiro atoms. The first-order chi connectivity index (χ1) is 8.22. The van der Waals surface area contributed by atoms with Crippen LogP contribution in [-0.4, -0.2) is 32.3 Å². The summed E-state index contributed by atoms with van der Waals surface area (Å²) < 4.78 is 18.1. The third-order valence-corrected chi connectivity index (χ3v) is 2.77. The molecule has 1 N–H and O–H groups in total. The van der Waals surface area contributed by atoms with Gasteiger partial charge in [-0.2, -0.15) is 0 Å². The summed E-state index contributed by atoms with van der Waals surface area (Å²) in [6.07, 6.45) is 0.371. The zero-order valence-corrected chi connectivity index (χ0v) is 9.65. The monoisotopic (exact) mass is 238 g/mol. The van der Waals surface area contributed by atoms with E-state index in [9.17, 15) is 9.18 Å². The van der Waals surface area contributed by atoms with Crippen molar-refractivity contribution in [3.05, 3.63) is 30.1 Å². The Kier molecular flexibility index (Phi) is 3.58. The number of cyclic esters (lactones) is 1. The summed E-state index contributed by atoms with van der Waals surface area (Å²) in [4.78, 5) is 13.1. The van der Waals surface area contributed by atoms with E-state index in [1.807, 2.05) is 7.05 Å². The maximum Gasteiger partial charge on any atom is 0.414 e. The Balaban J connectivity index is 2.18. The number of benzene rings is 1. The van der Waals surface area contributed by atoms with E-state index in [1.54, 1.807) is 12.1 Å². The number of rotatable bonds is 4. The molecule has 1 aromatic carbocycles. The number of hydrogen-bond acceptors (Lipinski definition) is 3. The molecular formula is C12H15FN2O2. The molecule has 1 aliphatic heterocycles. The molecule has 1 atom stereocenters. The van der Waals surface area contributed by atoms with Gasteiger partial charge in [0, 0.05) is 0 Å². The van der Waals surface area contributed by atoms with Crippen LogP contribution in [0.2, 0.25) is 0 Å². The van der Waals surface area contributed by atoms with Crippen molar-refractivity contribution in [2.75, 3.05) is 25.1 Å². The average molecular weight is 238 g/mol. The summed E-state index contributed by atoms with van der Waals surface area (Å²) in [5.74, 6) is -0.352. The fraction of sp³-hybridized carbons (Fsp3) is 0.417. The van der Waals surface area contributed by atoms with Gasteiger partial charge in [-0.15, -0.1) is 0 Å². The molecule has 1 unspecified atom stereocenters. The molecule has 2 rings (SSSR count). The lowest BCUT2D eigenvalue weighted by atomic mass is 10.2. The minimum atomic E-state index is -0.406. The van der Waals surface area contributed by atoms with Crippen LogP contribution < -0.4 is 10.2 Å². The Hall–Kier alpha value is -1.62. The van der Waals surface area contributed by atoms with Crippen LogP contribution in [0.4, 0.5) is 14.9 Å². The number of halogens is 1. The van der Waals surface area contributed by atoms with Gasteiger partial charge in [0.15, 0.2) is 0 Å². The predicted molar refractivity (Wildman–Crippen MR) is 62.6 cm³/mol. The highest BCUT2D eigenvalue weighted by atomic mass is 19.1. The molecule has 1 saturated heterocycles. The highest BCUT2D eigenvalue weighted by Gasteiger charge is 2.33. The molecule has 0 saturated carbocycles. The van der Waals surface area contributed by atoms with E-state index < -0.39 is 6.09 Å². The number of carbonyl (C=O) groups excluding carboxylic acids is 1. The van der Waals surface area contributed by atoms with Crippen LogP contribution in [0.25, 0.3) is 0 Å². The van der Waals surface area contributed by atoms with Gasteiger partial charge in [0.1, 0.15) is 12.4 Å². The summed E-state index contributed by atoms with van der Waals surface area (Å²) in [6.45, 7) is 1.14. The molecule has 1 aromatic rings. The quantitative estimate of drug-likeness (QED) is 0.869. The SMILES string of the molecule is CNCCC1COC(=O)N1c1cccc(F)c1. The second-order valence-corrected chi connectivity index (χ2v) is 3.97. The second-order valence-electron chi connectivity index (χ2n) is 3.97. The van der Waals surface area contributed by atoms with Crippen LogP contribution >= 0.6 is 0 Å². The minimum absolute atomic E-state index is 0.0308. The second kappa shape index (κ2) is 5.14. The zero-order valence-electron chi connectivity index (χ0n) is 9.65. The van der Waals surface area contributed by atoms with Crippen LogP contribution in [0.1, 0.15) is 6.42 Å². The summed E-state index contributed by atoms with van der Waals surface area (Å²) in [5.41, 5.74) is 0.550. The van der Waals surface area contributed by atoms with Crippen molar-refractivity contribution in [1.29, 1.82) is 0 Å². The number of nitrogens with one attached hydrogen (secondary N) is 1. The number of ether oxygens (including phenoxy) is 1. The third-order valence-electron chi connectivity index (χ3n) is 2.77. The van der Waals surface area contributed by atoms with Gasteiger partial charge in [-0.3, -0.25) is 4.90 Å². The molecule has 1 heterocycles. The van der Waals surface area contributed by atoms with Crippen molar-refractivity contribution in [1.82, 2.24) is 5.32 Å². The molecule has 1 fully saturated rings. The van der Waals surface area contributed by atoms with E-state index in [2.05, 4.69) is 5.32 Å². The molecular weight excluding hydrogens is 223 g/mol. The normalized spacial score (nSPS) is 19.5. The lowest BCUT2D eigenvalue weighted by Crippen LogP contribution is -2.35. The summed E-state index contributed by atoms with van der Waals surface area (Å²) in [6, 6.07) is 5.97. The van der Waals surface area contributed by atoms with Gasteiger partial charge in [-0.25, -0.2) is 9.18 Å². The lowest BCUT2D eigenvalue weighted by molar-refractivity contribution is 0.178. The van der Waals surface area contributed by atoms with Gasteiger partial charge >= 0.3 is 6.09 Å². The Labute approximate surface area is 99.4 Å². The highest BCUT2D eigenvalue weighted by molar-refractivity contribution is 5.90. The van der Waals surface area contributed by atoms with Crippen molar-refractivity contribution in [2.24, 2.45) is 0 Å². The Morgan fingerprint density at radius 2 is 2.41 bits per heavy atom. The lowest BCUT2D eigenvalue weighted by Gasteiger charge is -2.21. The number of amides is 1. The molecule has 4 nitrogen and oxygen atoms in total. The summed E-state index contributed by atoms with van der Waals surface area (Å²) in [7, 11) is 1.85. The smallest absolute Gasteiger partial charge is 0.414 e. The average Bonchev–Trinajstić information content (AvgIpc) is 2.68. The fourth-order valence-corrected chi connectivity index (χ4v) is 1.93. The molecule has 92 valence electrons. The molecule has 1 amide bonds. The number of anilines is 1. The van der Waals surface area contributed by atoms with Gasteiger partial charge in [0.2, 0.25) is 0 Å². The van der Waals surface area contributed by atoms with E-state index in [0.29, 0.717) is 12.3 Å². The Morgan fingerprint density at radius 3 is 3.12 bits per heavy atom.